The van der Waals surface area contributed by atoms with Crippen molar-refractivity contribution >= 4 is 14.1 Å². The van der Waals surface area contributed by atoms with Crippen molar-refractivity contribution in [2.24, 2.45) is 23.2 Å². The molecular weight excluding hydrogens is 440 g/mol. The SMILES string of the molecule is CC(C)(O)CCC[C@@H](CCC(=O)C(C)(C)O)[C@H]1CC[C@H]2[C@@H](O[Si](C)(C)C(C)(C)C)CCC[C@]12C. The second-order valence-electron chi connectivity index (χ2n) is 14.6. The number of fused-ring (bicyclic) bond motifs is 1. The van der Waals surface area contributed by atoms with E-state index in [-0.39, 0.29) is 16.2 Å². The van der Waals surface area contributed by atoms with Crippen molar-refractivity contribution in [3.05, 3.63) is 0 Å². The van der Waals surface area contributed by atoms with Crippen LogP contribution in [-0.2, 0) is 9.22 Å². The fourth-order valence-corrected chi connectivity index (χ4v) is 7.99. The first-order valence-corrected chi connectivity index (χ1v) is 16.8. The summed E-state index contributed by atoms with van der Waals surface area (Å²) in [7, 11) is -1.83. The Morgan fingerprint density at radius 2 is 1.65 bits per heavy atom. The average molecular weight is 497 g/mol. The molecule has 2 aliphatic carbocycles. The number of rotatable bonds is 11. The lowest BCUT2D eigenvalue weighted by atomic mass is 9.60. The molecule has 2 aliphatic rings. The summed E-state index contributed by atoms with van der Waals surface area (Å²) in [6.07, 6.45) is 10.5. The lowest BCUT2D eigenvalue weighted by molar-refractivity contribution is -0.134. The normalized spacial score (nSPS) is 29.7. The zero-order chi connectivity index (χ0) is 26.2. The molecule has 0 heterocycles. The van der Waals surface area contributed by atoms with E-state index in [1.54, 1.807) is 13.8 Å². The number of aliphatic hydroxyl groups is 2. The van der Waals surface area contributed by atoms with Crippen LogP contribution >= 0.6 is 0 Å². The second kappa shape index (κ2) is 10.6. The molecule has 2 N–H and O–H groups in total. The minimum absolute atomic E-state index is 0.0533. The third-order valence-electron chi connectivity index (χ3n) is 9.74. The fraction of sp³-hybridized carbons (Fsp3) is 0.966. The molecule has 0 bridgehead atoms. The summed E-state index contributed by atoms with van der Waals surface area (Å²) in [6.45, 7) is 21.3. The lowest BCUT2D eigenvalue weighted by Gasteiger charge is -2.50. The predicted octanol–water partition coefficient (Wildman–Crippen LogP) is 7.27. The van der Waals surface area contributed by atoms with Crippen molar-refractivity contribution in [1.82, 2.24) is 0 Å². The van der Waals surface area contributed by atoms with Gasteiger partial charge < -0.3 is 14.6 Å². The molecule has 200 valence electrons. The van der Waals surface area contributed by atoms with Crippen LogP contribution in [0.4, 0.5) is 0 Å². The van der Waals surface area contributed by atoms with Crippen LogP contribution < -0.4 is 0 Å². The van der Waals surface area contributed by atoms with E-state index >= 15 is 0 Å². The molecule has 0 aromatic rings. The Morgan fingerprint density at radius 3 is 2.18 bits per heavy atom. The van der Waals surface area contributed by atoms with Gasteiger partial charge in [0.25, 0.3) is 0 Å². The van der Waals surface area contributed by atoms with Gasteiger partial charge >= 0.3 is 0 Å². The first kappa shape index (κ1) is 30.0. The van der Waals surface area contributed by atoms with Crippen molar-refractivity contribution in [2.45, 2.75) is 155 Å². The van der Waals surface area contributed by atoms with E-state index in [1.165, 1.54) is 32.1 Å². The maximum atomic E-state index is 12.6. The van der Waals surface area contributed by atoms with E-state index in [2.05, 4.69) is 40.8 Å². The van der Waals surface area contributed by atoms with E-state index in [4.69, 9.17) is 4.43 Å². The number of hydrogen-bond donors (Lipinski definition) is 2. The van der Waals surface area contributed by atoms with Gasteiger partial charge in [0.2, 0.25) is 0 Å². The summed E-state index contributed by atoms with van der Waals surface area (Å²) in [6, 6.07) is 0. The van der Waals surface area contributed by atoms with Gasteiger partial charge in [-0.3, -0.25) is 4.79 Å². The van der Waals surface area contributed by atoms with E-state index in [0.29, 0.717) is 30.3 Å². The van der Waals surface area contributed by atoms with E-state index in [1.807, 2.05) is 13.8 Å². The summed E-state index contributed by atoms with van der Waals surface area (Å²) in [4.78, 5) is 12.6. The van der Waals surface area contributed by atoms with Crippen LogP contribution in [0.3, 0.4) is 0 Å². The second-order valence-corrected chi connectivity index (χ2v) is 19.3. The molecule has 0 spiro atoms. The van der Waals surface area contributed by atoms with Gasteiger partial charge in [0, 0.05) is 12.5 Å². The van der Waals surface area contributed by atoms with Crippen LogP contribution in [0, 0.1) is 23.2 Å². The number of Topliss-reactive ketones (excluding diaryl/α,β-unsaturated/α-hetero) is 1. The molecule has 4 nitrogen and oxygen atoms in total. The summed E-state index contributed by atoms with van der Waals surface area (Å²) in [5.74, 6) is 1.58. The highest BCUT2D eigenvalue weighted by Crippen LogP contribution is 2.60. The molecule has 0 aliphatic heterocycles. The number of hydrogen-bond acceptors (Lipinski definition) is 4. The molecule has 2 fully saturated rings. The third kappa shape index (κ3) is 7.40. The Hall–Kier alpha value is -0.233. The maximum Gasteiger partial charge on any atom is 0.192 e. The number of ketones is 1. The molecule has 5 heteroatoms. The highest BCUT2D eigenvalue weighted by atomic mass is 28.4. The Morgan fingerprint density at radius 1 is 1.03 bits per heavy atom. The van der Waals surface area contributed by atoms with Gasteiger partial charge in [-0.05, 0) is 108 Å². The average Bonchev–Trinajstić information content (AvgIpc) is 2.99. The number of carbonyl (C=O) groups excluding carboxylic acids is 1. The summed E-state index contributed by atoms with van der Waals surface area (Å²) >= 11 is 0. The van der Waals surface area contributed by atoms with Crippen LogP contribution in [0.1, 0.15) is 120 Å². The van der Waals surface area contributed by atoms with Crippen molar-refractivity contribution in [3.63, 3.8) is 0 Å². The molecule has 0 aromatic heterocycles. The van der Waals surface area contributed by atoms with Gasteiger partial charge in [0.05, 0.1) is 5.60 Å². The van der Waals surface area contributed by atoms with Crippen LogP contribution in [0.2, 0.25) is 18.1 Å². The monoisotopic (exact) mass is 496 g/mol. The largest absolute Gasteiger partial charge is 0.414 e. The van der Waals surface area contributed by atoms with Crippen LogP contribution in [0.5, 0.6) is 0 Å². The van der Waals surface area contributed by atoms with Gasteiger partial charge in [-0.1, -0.05) is 47.0 Å². The van der Waals surface area contributed by atoms with Crippen molar-refractivity contribution in [2.75, 3.05) is 0 Å². The molecule has 2 rings (SSSR count). The quantitative estimate of drug-likeness (QED) is 0.295. The Kier molecular flexibility index (Phi) is 9.38. The topological polar surface area (TPSA) is 66.8 Å². The van der Waals surface area contributed by atoms with Crippen molar-refractivity contribution in [1.29, 1.82) is 0 Å². The Balaban J connectivity index is 2.21. The van der Waals surface area contributed by atoms with Crippen LogP contribution in [-0.4, -0.2) is 41.6 Å². The molecule has 0 unspecified atom stereocenters. The smallest absolute Gasteiger partial charge is 0.192 e. The van der Waals surface area contributed by atoms with Gasteiger partial charge in [-0.25, -0.2) is 0 Å². The predicted molar refractivity (Wildman–Crippen MR) is 144 cm³/mol. The zero-order valence-corrected chi connectivity index (χ0v) is 25.1. The molecule has 34 heavy (non-hydrogen) atoms. The standard InChI is InChI=1S/C29H56O4Si/c1-26(2,3)34(9,10)33-24-14-12-20-29(8)22(16-17-23(24)29)21(13-11-19-27(4,5)31)15-18-25(30)28(6,7)32/h21-24,31-32H,11-20H2,1-10H3/t21-,22+,23-,24-,29+/m0/s1. The molecule has 0 radical (unpaired) electrons. The Bertz CT molecular complexity index is 682. The molecular formula is C29H56O4Si. The summed E-state index contributed by atoms with van der Waals surface area (Å²) in [5.41, 5.74) is -1.66. The van der Waals surface area contributed by atoms with Crippen molar-refractivity contribution in [3.8, 4) is 0 Å². The van der Waals surface area contributed by atoms with E-state index in [0.717, 1.165) is 25.7 Å². The third-order valence-corrected chi connectivity index (χ3v) is 14.2. The summed E-state index contributed by atoms with van der Waals surface area (Å²) in [5, 5.41) is 20.7. The minimum atomic E-state index is -1.83. The van der Waals surface area contributed by atoms with Gasteiger partial charge in [-0.15, -0.1) is 0 Å². The number of carbonyl (C=O) groups is 1. The van der Waals surface area contributed by atoms with E-state index < -0.39 is 19.5 Å². The molecule has 0 aromatic carbocycles. The Labute approximate surface area is 211 Å². The molecule has 0 saturated heterocycles. The molecule has 5 atom stereocenters. The first-order chi connectivity index (χ1) is 15.3. The van der Waals surface area contributed by atoms with E-state index in [9.17, 15) is 15.0 Å². The molecule has 2 saturated carbocycles. The van der Waals surface area contributed by atoms with Gasteiger partial charge in [0.15, 0.2) is 14.1 Å². The first-order valence-electron chi connectivity index (χ1n) is 13.9. The zero-order valence-electron chi connectivity index (χ0n) is 24.1. The van der Waals surface area contributed by atoms with Crippen LogP contribution in [0.25, 0.3) is 0 Å². The van der Waals surface area contributed by atoms with Gasteiger partial charge in [-0.2, -0.15) is 0 Å². The highest BCUT2D eigenvalue weighted by Gasteiger charge is 2.55. The van der Waals surface area contributed by atoms with Crippen molar-refractivity contribution < 1.29 is 19.4 Å². The summed E-state index contributed by atoms with van der Waals surface area (Å²) < 4.78 is 7.04. The minimum Gasteiger partial charge on any atom is -0.414 e. The molecule has 0 amide bonds. The highest BCUT2D eigenvalue weighted by molar-refractivity contribution is 6.74. The lowest BCUT2D eigenvalue weighted by Crippen LogP contribution is -2.50. The maximum absolute atomic E-state index is 12.6. The van der Waals surface area contributed by atoms with Crippen LogP contribution in [0.15, 0.2) is 0 Å². The fourth-order valence-electron chi connectivity index (χ4n) is 6.60. The van der Waals surface area contributed by atoms with Gasteiger partial charge in [0.1, 0.15) is 5.60 Å².